The van der Waals surface area contributed by atoms with Gasteiger partial charge in [-0.3, -0.25) is 4.57 Å². The van der Waals surface area contributed by atoms with Crippen molar-refractivity contribution in [2.75, 3.05) is 19.5 Å². The molecule has 6 nitrogen and oxygen atoms in total. The molecule has 0 N–H and O–H groups in total. The van der Waals surface area contributed by atoms with Crippen LogP contribution in [0.15, 0.2) is 52.2 Å². The highest BCUT2D eigenvalue weighted by Gasteiger charge is 2.21. The molecular weight excluding hydrogens is 362 g/mol. The Morgan fingerprint density at radius 1 is 1.19 bits per heavy atom. The van der Waals surface area contributed by atoms with Crippen LogP contribution in [0.1, 0.15) is 25.0 Å². The predicted molar refractivity (Wildman–Crippen MR) is 104 cm³/mol. The number of methoxy groups -OCH3 is 1. The molecule has 0 radical (unpaired) electrons. The monoisotopic (exact) mass is 385 g/mol. The highest BCUT2D eigenvalue weighted by Crippen LogP contribution is 2.32. The van der Waals surface area contributed by atoms with Gasteiger partial charge in [0, 0.05) is 12.4 Å². The molecule has 1 unspecified atom stereocenters. The molecule has 1 aliphatic rings. The van der Waals surface area contributed by atoms with Crippen LogP contribution in [0.5, 0.6) is 5.75 Å². The zero-order valence-corrected chi connectivity index (χ0v) is 16.2. The van der Waals surface area contributed by atoms with E-state index in [0.29, 0.717) is 6.54 Å². The molecule has 1 saturated heterocycles. The number of para-hydroxylation sites is 1. The first kappa shape index (κ1) is 18.1. The first-order valence-corrected chi connectivity index (χ1v) is 10.2. The van der Waals surface area contributed by atoms with Crippen LogP contribution in [-0.2, 0) is 11.3 Å². The molecule has 1 aromatic carbocycles. The second kappa shape index (κ2) is 8.63. The van der Waals surface area contributed by atoms with E-state index in [1.807, 2.05) is 36.4 Å². The summed E-state index contributed by atoms with van der Waals surface area (Å²) in [5, 5.41) is 9.79. The third-order valence-electron chi connectivity index (χ3n) is 4.63. The minimum Gasteiger partial charge on any atom is -0.496 e. The summed E-state index contributed by atoms with van der Waals surface area (Å²) in [5.74, 6) is 3.29. The van der Waals surface area contributed by atoms with Gasteiger partial charge in [-0.25, -0.2) is 0 Å². The molecule has 142 valence electrons. The van der Waals surface area contributed by atoms with Crippen LogP contribution in [0.3, 0.4) is 0 Å². The molecule has 0 bridgehead atoms. The lowest BCUT2D eigenvalue weighted by molar-refractivity contribution is 0.0315. The highest BCUT2D eigenvalue weighted by molar-refractivity contribution is 7.99. The van der Waals surface area contributed by atoms with Crippen LogP contribution in [0.4, 0.5) is 0 Å². The van der Waals surface area contributed by atoms with Crippen LogP contribution in [0.25, 0.3) is 11.4 Å². The Hall–Kier alpha value is -2.25. The smallest absolute Gasteiger partial charge is 0.192 e. The summed E-state index contributed by atoms with van der Waals surface area (Å²) in [5.41, 5.74) is 0.917. The standard InChI is InChI=1S/C20H23N3O3S/c1-24-18-10-3-2-9-17(18)19-21-22-20(23(19)13-15-8-6-12-25-15)27-14-16-7-4-5-11-26-16/h2-3,6,8-10,12,16H,4-5,7,11,13-14H2,1H3. The van der Waals surface area contributed by atoms with Gasteiger partial charge >= 0.3 is 0 Å². The molecule has 1 fully saturated rings. The van der Waals surface area contributed by atoms with E-state index in [1.54, 1.807) is 25.1 Å². The van der Waals surface area contributed by atoms with E-state index in [4.69, 9.17) is 13.9 Å². The quantitative estimate of drug-likeness (QED) is 0.567. The average Bonchev–Trinajstić information content (AvgIpc) is 3.38. The number of ether oxygens (including phenoxy) is 2. The van der Waals surface area contributed by atoms with Gasteiger partial charge in [0.2, 0.25) is 0 Å². The number of rotatable bonds is 7. The number of hydrogen-bond acceptors (Lipinski definition) is 6. The van der Waals surface area contributed by atoms with E-state index in [0.717, 1.165) is 53.3 Å². The van der Waals surface area contributed by atoms with Crippen LogP contribution < -0.4 is 4.74 Å². The molecule has 1 atom stereocenters. The van der Waals surface area contributed by atoms with E-state index in [9.17, 15) is 0 Å². The van der Waals surface area contributed by atoms with Crippen LogP contribution in [0.2, 0.25) is 0 Å². The van der Waals surface area contributed by atoms with Gasteiger partial charge in [0.15, 0.2) is 11.0 Å². The minimum atomic E-state index is 0.284. The molecule has 27 heavy (non-hydrogen) atoms. The third-order valence-corrected chi connectivity index (χ3v) is 5.73. The Balaban J connectivity index is 1.63. The Labute approximate surface area is 162 Å². The SMILES string of the molecule is COc1ccccc1-c1nnc(SCC2CCCCO2)n1Cc1ccco1. The van der Waals surface area contributed by atoms with Crippen molar-refractivity contribution < 1.29 is 13.9 Å². The van der Waals surface area contributed by atoms with Crippen molar-refractivity contribution in [1.29, 1.82) is 0 Å². The molecule has 0 spiro atoms. The van der Waals surface area contributed by atoms with Crippen LogP contribution >= 0.6 is 11.8 Å². The fourth-order valence-electron chi connectivity index (χ4n) is 3.23. The molecule has 3 aromatic rings. The van der Waals surface area contributed by atoms with Crippen molar-refractivity contribution >= 4 is 11.8 Å². The van der Waals surface area contributed by atoms with E-state index >= 15 is 0 Å². The lowest BCUT2D eigenvalue weighted by Crippen LogP contribution is -2.21. The van der Waals surface area contributed by atoms with Crippen molar-refractivity contribution in [3.63, 3.8) is 0 Å². The van der Waals surface area contributed by atoms with E-state index in [-0.39, 0.29) is 6.10 Å². The Bertz CT molecular complexity index is 857. The molecule has 3 heterocycles. The number of benzene rings is 1. The van der Waals surface area contributed by atoms with Crippen molar-refractivity contribution in [3.8, 4) is 17.1 Å². The summed E-state index contributed by atoms with van der Waals surface area (Å²) in [4.78, 5) is 0. The summed E-state index contributed by atoms with van der Waals surface area (Å²) >= 11 is 1.69. The van der Waals surface area contributed by atoms with Gasteiger partial charge in [0.1, 0.15) is 11.5 Å². The van der Waals surface area contributed by atoms with E-state index < -0.39 is 0 Å². The molecule has 0 saturated carbocycles. The molecule has 4 rings (SSSR count). The normalized spacial score (nSPS) is 17.1. The predicted octanol–water partition coefficient (Wildman–Crippen LogP) is 4.26. The van der Waals surface area contributed by atoms with E-state index in [2.05, 4.69) is 14.8 Å². The Morgan fingerprint density at radius 2 is 2.11 bits per heavy atom. The third kappa shape index (κ3) is 4.20. The molecule has 0 amide bonds. The highest BCUT2D eigenvalue weighted by atomic mass is 32.2. The Morgan fingerprint density at radius 3 is 2.89 bits per heavy atom. The summed E-state index contributed by atoms with van der Waals surface area (Å²) < 4.78 is 19.0. The fraction of sp³-hybridized carbons (Fsp3) is 0.400. The first-order valence-electron chi connectivity index (χ1n) is 9.18. The topological polar surface area (TPSA) is 62.3 Å². The number of hydrogen-bond donors (Lipinski definition) is 0. The summed E-state index contributed by atoms with van der Waals surface area (Å²) in [7, 11) is 1.67. The minimum absolute atomic E-state index is 0.284. The zero-order chi connectivity index (χ0) is 18.5. The molecule has 7 heteroatoms. The molecular formula is C20H23N3O3S. The van der Waals surface area contributed by atoms with Gasteiger partial charge in [0.25, 0.3) is 0 Å². The second-order valence-corrected chi connectivity index (χ2v) is 7.46. The van der Waals surface area contributed by atoms with Gasteiger partial charge in [-0.2, -0.15) is 0 Å². The summed E-state index contributed by atoms with van der Waals surface area (Å²) in [6, 6.07) is 11.7. The summed E-state index contributed by atoms with van der Waals surface area (Å²) in [6.45, 7) is 1.43. The van der Waals surface area contributed by atoms with Crippen molar-refractivity contribution in [3.05, 3.63) is 48.4 Å². The largest absolute Gasteiger partial charge is 0.496 e. The summed E-state index contributed by atoms with van der Waals surface area (Å²) in [6.07, 6.45) is 5.47. The van der Waals surface area contributed by atoms with Gasteiger partial charge in [-0.1, -0.05) is 23.9 Å². The maximum atomic E-state index is 5.86. The van der Waals surface area contributed by atoms with Crippen LogP contribution in [-0.4, -0.2) is 40.3 Å². The first-order chi connectivity index (χ1) is 13.3. The molecule has 1 aliphatic heterocycles. The van der Waals surface area contributed by atoms with Gasteiger partial charge in [-0.05, 0) is 43.5 Å². The number of furan rings is 1. The van der Waals surface area contributed by atoms with Crippen LogP contribution in [0, 0.1) is 0 Å². The number of nitrogens with zero attached hydrogens (tertiary/aromatic N) is 3. The number of thioether (sulfide) groups is 1. The maximum absolute atomic E-state index is 5.86. The van der Waals surface area contributed by atoms with Gasteiger partial charge in [0.05, 0.1) is 31.6 Å². The lowest BCUT2D eigenvalue weighted by Gasteiger charge is -2.21. The molecule has 0 aliphatic carbocycles. The van der Waals surface area contributed by atoms with Crippen molar-refractivity contribution in [1.82, 2.24) is 14.8 Å². The Kier molecular flexibility index (Phi) is 5.79. The van der Waals surface area contributed by atoms with Crippen molar-refractivity contribution in [2.45, 2.75) is 37.1 Å². The molecule has 2 aromatic heterocycles. The maximum Gasteiger partial charge on any atom is 0.192 e. The average molecular weight is 385 g/mol. The van der Waals surface area contributed by atoms with Crippen molar-refractivity contribution in [2.24, 2.45) is 0 Å². The van der Waals surface area contributed by atoms with Gasteiger partial charge < -0.3 is 13.9 Å². The lowest BCUT2D eigenvalue weighted by atomic mass is 10.1. The fourth-order valence-corrected chi connectivity index (χ4v) is 4.23. The van der Waals surface area contributed by atoms with E-state index in [1.165, 1.54) is 6.42 Å². The number of aromatic nitrogens is 3. The van der Waals surface area contributed by atoms with Gasteiger partial charge in [-0.15, -0.1) is 10.2 Å². The second-order valence-electron chi connectivity index (χ2n) is 6.47. The zero-order valence-electron chi connectivity index (χ0n) is 15.3.